The lowest BCUT2D eigenvalue weighted by molar-refractivity contribution is 0.102. The van der Waals surface area contributed by atoms with Crippen LogP contribution in [0.5, 0.6) is 5.88 Å². The lowest BCUT2D eigenvalue weighted by Gasteiger charge is -2.34. The third kappa shape index (κ3) is 4.38. The van der Waals surface area contributed by atoms with Gasteiger partial charge < -0.3 is 20.2 Å². The highest BCUT2D eigenvalue weighted by Crippen LogP contribution is 2.68. The second-order valence-corrected chi connectivity index (χ2v) is 10.2. The number of carbonyl (C=O) groups excluding carboxylic acids is 1. The number of halogens is 4. The lowest BCUT2D eigenvalue weighted by atomic mass is 9.85. The van der Waals surface area contributed by atoms with Crippen LogP contribution in [0.3, 0.4) is 0 Å². The van der Waals surface area contributed by atoms with E-state index in [2.05, 4.69) is 25.3 Å². The number of oxazole rings is 1. The first kappa shape index (κ1) is 25.0. The molecule has 0 spiro atoms. The molecule has 0 saturated heterocycles. The van der Waals surface area contributed by atoms with Gasteiger partial charge in [0.2, 0.25) is 11.8 Å². The zero-order valence-electron chi connectivity index (χ0n) is 19.5. The number of nitrogens with zero attached hydrogens (tertiary/aromatic N) is 4. The van der Waals surface area contributed by atoms with Crippen molar-refractivity contribution in [3.05, 3.63) is 65.3 Å². The summed E-state index contributed by atoms with van der Waals surface area (Å²) in [5.74, 6) is -3.60. The number of rotatable bonds is 7. The highest BCUT2D eigenvalue weighted by atomic mass is 32.2. The minimum absolute atomic E-state index is 0.00239. The van der Waals surface area contributed by atoms with Crippen LogP contribution in [0.25, 0.3) is 0 Å². The predicted octanol–water partition coefficient (Wildman–Crippen LogP) is 4.18. The average Bonchev–Trinajstić information content (AvgIpc) is 3.37. The molecule has 1 aromatic carbocycles. The predicted molar refractivity (Wildman–Crippen MR) is 125 cm³/mol. The molecule has 194 valence electrons. The molecule has 3 atom stereocenters. The summed E-state index contributed by atoms with van der Waals surface area (Å²) in [6, 6.07) is 1.96. The number of nitrogens with one attached hydrogen (secondary N) is 1. The van der Waals surface area contributed by atoms with Crippen LogP contribution in [-0.2, 0) is 12.1 Å². The first-order valence-electron chi connectivity index (χ1n) is 11.0. The van der Waals surface area contributed by atoms with Gasteiger partial charge in [-0.25, -0.2) is 32.5 Å². The Morgan fingerprint density at radius 2 is 2.14 bits per heavy atom. The van der Waals surface area contributed by atoms with Crippen LogP contribution in [0, 0.1) is 24.5 Å². The van der Waals surface area contributed by atoms with Crippen molar-refractivity contribution in [2.24, 2.45) is 16.6 Å². The number of hydrogen-bond acceptors (Lipinski definition) is 9. The topological polar surface area (TPSA) is 129 Å². The van der Waals surface area contributed by atoms with E-state index in [9.17, 15) is 22.4 Å². The van der Waals surface area contributed by atoms with Gasteiger partial charge in [0, 0.05) is 23.2 Å². The lowest BCUT2D eigenvalue weighted by Crippen LogP contribution is -2.39. The number of ether oxygens (including phenoxy) is 1. The molecule has 0 bridgehead atoms. The van der Waals surface area contributed by atoms with Crippen LogP contribution < -0.4 is 15.8 Å². The van der Waals surface area contributed by atoms with Crippen molar-refractivity contribution in [1.82, 2.24) is 15.0 Å². The van der Waals surface area contributed by atoms with Gasteiger partial charge >= 0.3 is 0 Å². The summed E-state index contributed by atoms with van der Waals surface area (Å²) in [6.07, 6.45) is 1.38. The van der Waals surface area contributed by atoms with Crippen molar-refractivity contribution in [3.63, 3.8) is 0 Å². The van der Waals surface area contributed by atoms with Crippen molar-refractivity contribution in [3.8, 4) is 5.88 Å². The number of carbonyl (C=O) groups is 1. The fraction of sp³-hybridized carbons (Fsp3) is 0.348. The van der Waals surface area contributed by atoms with E-state index in [0.29, 0.717) is 5.89 Å². The van der Waals surface area contributed by atoms with Crippen LogP contribution >= 0.6 is 11.8 Å². The molecule has 3 N–H and O–H groups in total. The van der Waals surface area contributed by atoms with Crippen LogP contribution in [0.2, 0.25) is 0 Å². The Hall–Kier alpha value is -3.68. The fourth-order valence-corrected chi connectivity index (χ4v) is 5.87. The number of hydrogen-bond donors (Lipinski definition) is 2. The fourth-order valence-electron chi connectivity index (χ4n) is 4.54. The van der Waals surface area contributed by atoms with E-state index in [-0.39, 0.29) is 46.7 Å². The van der Waals surface area contributed by atoms with Gasteiger partial charge in [-0.05, 0) is 26.3 Å². The summed E-state index contributed by atoms with van der Waals surface area (Å²) in [4.78, 5) is 29.2. The number of anilines is 1. The summed E-state index contributed by atoms with van der Waals surface area (Å²) in [6.45, 7) is 2.96. The number of fused-ring (bicyclic) bond motifs is 1. The second-order valence-electron chi connectivity index (χ2n) is 8.84. The molecular formula is C23H20F4N6O3S. The van der Waals surface area contributed by atoms with Crippen LogP contribution in [0.15, 0.2) is 40.2 Å². The van der Waals surface area contributed by atoms with Crippen molar-refractivity contribution in [2.75, 3.05) is 5.32 Å². The molecule has 1 amide bonds. The number of alkyl halides is 2. The highest BCUT2D eigenvalue weighted by Gasteiger charge is 2.71. The molecule has 2 aromatic heterocycles. The van der Waals surface area contributed by atoms with E-state index < -0.39 is 40.2 Å². The van der Waals surface area contributed by atoms with Crippen molar-refractivity contribution in [1.29, 1.82) is 0 Å². The summed E-state index contributed by atoms with van der Waals surface area (Å²) in [7, 11) is 0. The largest absolute Gasteiger partial charge is 0.467 e. The Bertz CT molecular complexity index is 1410. The third-order valence-corrected chi connectivity index (χ3v) is 7.75. The number of nitrogens with two attached hydrogens (primary N) is 1. The number of benzene rings is 1. The van der Waals surface area contributed by atoms with Crippen molar-refractivity contribution < 1.29 is 31.5 Å². The Morgan fingerprint density at radius 1 is 1.35 bits per heavy atom. The Morgan fingerprint density at radius 3 is 2.81 bits per heavy atom. The number of aromatic nitrogens is 3. The standard InChI is InChI=1S/C23H20F4N6O3S/c1-10-18(30-8-15(31-10)36-9-16-29-3-4-35-16)19(34)32-11-5-12(17(25)13(24)6-11)22(2)14-7-23(14,20(26)27)37-21(28)33-22/h3-6,8,14,20H,7,9H2,1-2H3,(H2,28,33)(H,32,34)/t14-,22+,23-/m0/s1. The number of aliphatic imine (C=N–C) groups is 1. The Labute approximate surface area is 211 Å². The number of aryl methyl sites for hydroxylation is 1. The van der Waals surface area contributed by atoms with E-state index in [0.717, 1.165) is 17.8 Å². The second kappa shape index (κ2) is 9.01. The van der Waals surface area contributed by atoms with Gasteiger partial charge in [0.1, 0.15) is 12.0 Å². The van der Waals surface area contributed by atoms with Crippen LogP contribution in [0.1, 0.15) is 41.0 Å². The molecule has 9 nitrogen and oxygen atoms in total. The van der Waals surface area contributed by atoms with Gasteiger partial charge in [-0.1, -0.05) is 11.8 Å². The van der Waals surface area contributed by atoms with Gasteiger partial charge in [-0.2, -0.15) is 0 Å². The first-order valence-corrected chi connectivity index (χ1v) is 11.8. The average molecular weight is 537 g/mol. The molecule has 3 aromatic rings. The van der Waals surface area contributed by atoms with Gasteiger partial charge in [-0.3, -0.25) is 9.79 Å². The van der Waals surface area contributed by atoms with Crippen molar-refractivity contribution in [2.45, 2.75) is 43.6 Å². The summed E-state index contributed by atoms with van der Waals surface area (Å²) >= 11 is 0.753. The molecule has 3 heterocycles. The molecule has 1 aliphatic carbocycles. The molecule has 5 rings (SSSR count). The molecule has 1 fully saturated rings. The molecule has 37 heavy (non-hydrogen) atoms. The molecule has 1 saturated carbocycles. The maximum atomic E-state index is 15.0. The van der Waals surface area contributed by atoms with Gasteiger partial charge in [0.25, 0.3) is 12.3 Å². The zero-order valence-corrected chi connectivity index (χ0v) is 20.3. The molecule has 0 unspecified atom stereocenters. The third-order valence-electron chi connectivity index (χ3n) is 6.44. The van der Waals surface area contributed by atoms with Gasteiger partial charge in [0.05, 0.1) is 28.4 Å². The SMILES string of the molecule is Cc1nc(OCc2ncco2)cnc1C(=O)Nc1cc(F)c(F)c([C@@]2(C)N=C(N)S[C@@]3(C(F)F)C[C@@H]23)c1. The maximum absolute atomic E-state index is 15.0. The van der Waals surface area contributed by atoms with E-state index in [1.807, 2.05) is 0 Å². The first-order chi connectivity index (χ1) is 17.5. The minimum Gasteiger partial charge on any atom is -0.467 e. The van der Waals surface area contributed by atoms with Gasteiger partial charge in [0.15, 0.2) is 23.4 Å². The van der Waals surface area contributed by atoms with E-state index in [1.54, 1.807) is 0 Å². The summed E-state index contributed by atoms with van der Waals surface area (Å²) < 4.78 is 66.2. The molecule has 14 heteroatoms. The van der Waals surface area contributed by atoms with E-state index >= 15 is 0 Å². The zero-order chi connectivity index (χ0) is 26.5. The van der Waals surface area contributed by atoms with Crippen molar-refractivity contribution >= 4 is 28.5 Å². The normalized spacial score (nSPS) is 24.4. The summed E-state index contributed by atoms with van der Waals surface area (Å²) in [5, 5.41) is 2.33. The Kier molecular flexibility index (Phi) is 6.09. The monoisotopic (exact) mass is 536 g/mol. The van der Waals surface area contributed by atoms with Gasteiger partial charge in [-0.15, -0.1) is 0 Å². The quantitative estimate of drug-likeness (QED) is 0.431. The smallest absolute Gasteiger partial charge is 0.276 e. The molecule has 0 radical (unpaired) electrons. The van der Waals surface area contributed by atoms with E-state index in [1.165, 1.54) is 38.6 Å². The number of amidine groups is 1. The highest BCUT2D eigenvalue weighted by molar-refractivity contribution is 8.15. The number of thioether (sulfide) groups is 1. The van der Waals surface area contributed by atoms with Crippen LogP contribution in [-0.4, -0.2) is 37.2 Å². The number of amides is 1. The Balaban J connectivity index is 1.39. The maximum Gasteiger partial charge on any atom is 0.276 e. The minimum atomic E-state index is -2.73. The van der Waals surface area contributed by atoms with E-state index in [4.69, 9.17) is 14.9 Å². The molecular weight excluding hydrogens is 516 g/mol. The van der Waals surface area contributed by atoms with Crippen LogP contribution in [0.4, 0.5) is 23.2 Å². The summed E-state index contributed by atoms with van der Waals surface area (Å²) in [5.41, 5.74) is 3.99. The molecule has 1 aliphatic heterocycles. The molecule has 2 aliphatic rings.